The summed E-state index contributed by atoms with van der Waals surface area (Å²) >= 11 is 0. The van der Waals surface area contributed by atoms with Crippen LogP contribution < -0.4 is 14.8 Å². The second kappa shape index (κ2) is 9.53. The summed E-state index contributed by atoms with van der Waals surface area (Å²) < 4.78 is 32.0. The third-order valence-corrected chi connectivity index (χ3v) is 5.71. The third kappa shape index (κ3) is 6.08. The first-order chi connectivity index (χ1) is 12.9. The molecule has 6 nitrogen and oxygen atoms in total. The molecule has 27 heavy (non-hydrogen) atoms. The van der Waals surface area contributed by atoms with Crippen LogP contribution in [0.15, 0.2) is 53.4 Å². The zero-order valence-electron chi connectivity index (χ0n) is 15.9. The van der Waals surface area contributed by atoms with Crippen LogP contribution in [0, 0.1) is 6.92 Å². The molecule has 0 heterocycles. The zero-order chi connectivity index (χ0) is 19.9. The molecule has 7 heteroatoms. The van der Waals surface area contributed by atoms with Crippen LogP contribution in [0.4, 0.5) is 0 Å². The van der Waals surface area contributed by atoms with E-state index in [0.717, 1.165) is 17.5 Å². The molecule has 0 saturated carbocycles. The van der Waals surface area contributed by atoms with Crippen molar-refractivity contribution in [1.29, 1.82) is 0 Å². The average molecular weight is 391 g/mol. The molecule has 2 aromatic carbocycles. The van der Waals surface area contributed by atoms with Gasteiger partial charge in [0.1, 0.15) is 5.75 Å². The first-order valence-corrected chi connectivity index (χ1v) is 10.3. The maximum absolute atomic E-state index is 12.3. The Labute approximate surface area is 161 Å². The van der Waals surface area contributed by atoms with Crippen molar-refractivity contribution in [3.05, 3.63) is 59.7 Å². The molecule has 146 valence electrons. The Morgan fingerprint density at radius 3 is 2.26 bits per heavy atom. The number of carbonyl (C=O) groups excluding carboxylic acids is 1. The fourth-order valence-electron chi connectivity index (χ4n) is 2.62. The average Bonchev–Trinajstić information content (AvgIpc) is 2.67. The van der Waals surface area contributed by atoms with Gasteiger partial charge in [-0.3, -0.25) is 4.79 Å². The summed E-state index contributed by atoms with van der Waals surface area (Å²) in [5.41, 5.74) is 2.20. The van der Waals surface area contributed by atoms with E-state index in [1.807, 2.05) is 38.1 Å². The lowest BCUT2D eigenvalue weighted by Gasteiger charge is -2.18. The first kappa shape index (κ1) is 20.9. The fraction of sp³-hybridized carbons (Fsp3) is 0.350. The molecule has 2 N–H and O–H groups in total. The van der Waals surface area contributed by atoms with Crippen LogP contribution in [-0.4, -0.2) is 28.0 Å². The molecule has 0 aliphatic carbocycles. The quantitative estimate of drug-likeness (QED) is 0.689. The van der Waals surface area contributed by atoms with Crippen molar-refractivity contribution in [3.8, 4) is 5.75 Å². The molecule has 0 aromatic heterocycles. The van der Waals surface area contributed by atoms with E-state index in [4.69, 9.17) is 4.74 Å². The summed E-state index contributed by atoms with van der Waals surface area (Å²) in [5.74, 6) is 0.384. The van der Waals surface area contributed by atoms with E-state index in [1.54, 1.807) is 12.1 Å². The number of sulfonamides is 1. The Balaban J connectivity index is 1.87. The van der Waals surface area contributed by atoms with Crippen molar-refractivity contribution >= 4 is 15.9 Å². The SMILES string of the molecule is CCC(NC(=O)CCNS(=O)(=O)c1ccc(OC)cc1)c1ccc(C)cc1. The highest BCUT2D eigenvalue weighted by atomic mass is 32.2. The van der Waals surface area contributed by atoms with Crippen LogP contribution in [0.1, 0.15) is 36.9 Å². The summed E-state index contributed by atoms with van der Waals surface area (Å²) in [5, 5.41) is 2.95. The van der Waals surface area contributed by atoms with Crippen molar-refractivity contribution in [2.75, 3.05) is 13.7 Å². The van der Waals surface area contributed by atoms with E-state index < -0.39 is 10.0 Å². The van der Waals surface area contributed by atoms with Crippen molar-refractivity contribution in [2.24, 2.45) is 0 Å². The molecule has 0 fully saturated rings. The smallest absolute Gasteiger partial charge is 0.240 e. The molecule has 0 spiro atoms. The fourth-order valence-corrected chi connectivity index (χ4v) is 3.66. The maximum atomic E-state index is 12.3. The Bertz CT molecular complexity index is 847. The highest BCUT2D eigenvalue weighted by Crippen LogP contribution is 2.17. The van der Waals surface area contributed by atoms with Crippen LogP contribution in [0.5, 0.6) is 5.75 Å². The number of nitrogens with one attached hydrogen (secondary N) is 2. The van der Waals surface area contributed by atoms with E-state index in [1.165, 1.54) is 19.2 Å². The standard InChI is InChI=1S/C20H26N2O4S/c1-4-19(16-7-5-15(2)6-8-16)22-20(23)13-14-21-27(24,25)18-11-9-17(26-3)10-12-18/h5-12,19,21H,4,13-14H2,1-3H3,(H,22,23). The van der Waals surface area contributed by atoms with Crippen LogP contribution >= 0.6 is 0 Å². The predicted octanol–water partition coefficient (Wildman–Crippen LogP) is 2.94. The molecule has 0 radical (unpaired) electrons. The van der Waals surface area contributed by atoms with Crippen molar-refractivity contribution in [3.63, 3.8) is 0 Å². The van der Waals surface area contributed by atoms with Gasteiger partial charge in [0.2, 0.25) is 15.9 Å². The number of aryl methyl sites for hydroxylation is 1. The molecular weight excluding hydrogens is 364 g/mol. The second-order valence-electron chi connectivity index (χ2n) is 6.26. The number of carbonyl (C=O) groups is 1. The summed E-state index contributed by atoms with van der Waals surface area (Å²) in [6.45, 7) is 4.04. The Kier molecular flexibility index (Phi) is 7.38. The molecule has 1 atom stereocenters. The summed E-state index contributed by atoms with van der Waals surface area (Å²) in [6, 6.07) is 14.0. The van der Waals surface area contributed by atoms with Gasteiger partial charge in [-0.2, -0.15) is 0 Å². The number of amides is 1. The zero-order valence-corrected chi connectivity index (χ0v) is 16.7. The molecule has 1 amide bonds. The number of hydrogen-bond acceptors (Lipinski definition) is 4. The minimum Gasteiger partial charge on any atom is -0.497 e. The van der Waals surface area contributed by atoms with Crippen LogP contribution in [0.2, 0.25) is 0 Å². The lowest BCUT2D eigenvalue weighted by Crippen LogP contribution is -2.32. The Morgan fingerprint density at radius 2 is 1.70 bits per heavy atom. The van der Waals surface area contributed by atoms with Crippen LogP contribution in [0.3, 0.4) is 0 Å². The van der Waals surface area contributed by atoms with E-state index in [2.05, 4.69) is 10.0 Å². The van der Waals surface area contributed by atoms with Crippen molar-refractivity contribution in [2.45, 2.75) is 37.6 Å². The van der Waals surface area contributed by atoms with Gasteiger partial charge in [-0.15, -0.1) is 0 Å². The molecule has 2 aromatic rings. The highest BCUT2D eigenvalue weighted by molar-refractivity contribution is 7.89. The summed E-state index contributed by atoms with van der Waals surface area (Å²) in [6.07, 6.45) is 0.824. The largest absolute Gasteiger partial charge is 0.497 e. The lowest BCUT2D eigenvalue weighted by molar-refractivity contribution is -0.121. The van der Waals surface area contributed by atoms with Crippen LogP contribution in [-0.2, 0) is 14.8 Å². The predicted molar refractivity (Wildman–Crippen MR) is 105 cm³/mol. The molecule has 0 aliphatic heterocycles. The first-order valence-electron chi connectivity index (χ1n) is 8.85. The van der Waals surface area contributed by atoms with E-state index >= 15 is 0 Å². The molecule has 0 aliphatic rings. The minimum atomic E-state index is -3.66. The molecule has 1 unspecified atom stereocenters. The summed E-state index contributed by atoms with van der Waals surface area (Å²) in [4.78, 5) is 12.3. The molecular formula is C20H26N2O4S. The van der Waals surface area contributed by atoms with Crippen molar-refractivity contribution < 1.29 is 17.9 Å². The van der Waals surface area contributed by atoms with Gasteiger partial charge in [-0.05, 0) is 43.2 Å². The van der Waals surface area contributed by atoms with Gasteiger partial charge < -0.3 is 10.1 Å². The second-order valence-corrected chi connectivity index (χ2v) is 8.03. The van der Waals surface area contributed by atoms with E-state index in [9.17, 15) is 13.2 Å². The van der Waals surface area contributed by atoms with E-state index in [0.29, 0.717) is 5.75 Å². The Morgan fingerprint density at radius 1 is 1.07 bits per heavy atom. The maximum Gasteiger partial charge on any atom is 0.240 e. The molecule has 2 rings (SSSR count). The van der Waals surface area contributed by atoms with Gasteiger partial charge in [-0.25, -0.2) is 13.1 Å². The van der Waals surface area contributed by atoms with Crippen molar-refractivity contribution in [1.82, 2.24) is 10.0 Å². The van der Waals surface area contributed by atoms with Gasteiger partial charge >= 0.3 is 0 Å². The summed E-state index contributed by atoms with van der Waals surface area (Å²) in [7, 11) is -2.14. The molecule has 0 saturated heterocycles. The van der Waals surface area contributed by atoms with Gasteiger partial charge in [0.05, 0.1) is 18.0 Å². The number of hydrogen-bond donors (Lipinski definition) is 2. The lowest BCUT2D eigenvalue weighted by atomic mass is 10.0. The minimum absolute atomic E-state index is 0.0323. The van der Waals surface area contributed by atoms with E-state index in [-0.39, 0.29) is 29.8 Å². The number of methoxy groups -OCH3 is 1. The third-order valence-electron chi connectivity index (χ3n) is 4.24. The number of benzene rings is 2. The highest BCUT2D eigenvalue weighted by Gasteiger charge is 2.16. The monoisotopic (exact) mass is 390 g/mol. The topological polar surface area (TPSA) is 84.5 Å². The Hall–Kier alpha value is -2.38. The van der Waals surface area contributed by atoms with Gasteiger partial charge in [0, 0.05) is 13.0 Å². The van der Waals surface area contributed by atoms with Gasteiger partial charge in [-0.1, -0.05) is 36.8 Å². The number of ether oxygens (including phenoxy) is 1. The normalized spacial score (nSPS) is 12.4. The van der Waals surface area contributed by atoms with Gasteiger partial charge in [0.15, 0.2) is 0 Å². The van der Waals surface area contributed by atoms with Gasteiger partial charge in [0.25, 0.3) is 0 Å². The van der Waals surface area contributed by atoms with Crippen LogP contribution in [0.25, 0.3) is 0 Å². The molecule has 0 bridgehead atoms. The number of rotatable bonds is 9.